The molecule has 1 atom stereocenters. The van der Waals surface area contributed by atoms with E-state index in [9.17, 15) is 14.4 Å². The Morgan fingerprint density at radius 3 is 2.34 bits per heavy atom. The van der Waals surface area contributed by atoms with Crippen LogP contribution in [0.5, 0.6) is 0 Å². The van der Waals surface area contributed by atoms with Gasteiger partial charge in [-0.3, -0.25) is 9.59 Å². The second-order valence-electron chi connectivity index (χ2n) is 10.2. The minimum atomic E-state index is -0.600. The highest BCUT2D eigenvalue weighted by molar-refractivity contribution is 6.07. The number of amides is 2. The summed E-state index contributed by atoms with van der Waals surface area (Å²) < 4.78 is 5.35. The molecule has 0 radical (unpaired) electrons. The van der Waals surface area contributed by atoms with Crippen LogP contribution in [-0.2, 0) is 11.2 Å². The number of hydrogen-bond donors (Lipinski definition) is 0. The van der Waals surface area contributed by atoms with Gasteiger partial charge in [-0.25, -0.2) is 14.8 Å². The van der Waals surface area contributed by atoms with Crippen molar-refractivity contribution in [1.29, 1.82) is 0 Å². The van der Waals surface area contributed by atoms with Gasteiger partial charge in [-0.05, 0) is 37.1 Å². The largest absolute Gasteiger partial charge is 0.462 e. The number of fused-ring (bicyclic) bond motifs is 1. The van der Waals surface area contributed by atoms with Crippen LogP contribution in [0.3, 0.4) is 0 Å². The molecule has 5 rings (SSSR count). The van der Waals surface area contributed by atoms with E-state index >= 15 is 0 Å². The Morgan fingerprint density at radius 2 is 1.61 bits per heavy atom. The van der Waals surface area contributed by atoms with Crippen LogP contribution in [-0.4, -0.2) is 69.8 Å². The van der Waals surface area contributed by atoms with Gasteiger partial charge in [-0.15, -0.1) is 0 Å². The first-order valence-corrected chi connectivity index (χ1v) is 14.1. The average molecular weight is 551 g/mol. The SMILES string of the molecule is CCCc1nc(-c2ccccc2)nc(C(=O)N2CCN(C(=O)c3cccc4ccccc34)C(C)C2)c1C(=O)OCC. The van der Waals surface area contributed by atoms with E-state index in [1.54, 1.807) is 11.8 Å². The summed E-state index contributed by atoms with van der Waals surface area (Å²) in [6, 6.07) is 22.7. The quantitative estimate of drug-likeness (QED) is 0.286. The van der Waals surface area contributed by atoms with Crippen LogP contribution in [0.2, 0.25) is 0 Å². The molecule has 0 aliphatic carbocycles. The number of piperazine rings is 1. The van der Waals surface area contributed by atoms with E-state index in [1.807, 2.05) is 91.5 Å². The smallest absolute Gasteiger partial charge is 0.342 e. The number of aryl methyl sites for hydroxylation is 1. The number of aromatic nitrogens is 2. The van der Waals surface area contributed by atoms with E-state index in [4.69, 9.17) is 9.72 Å². The molecule has 1 unspecified atom stereocenters. The van der Waals surface area contributed by atoms with E-state index < -0.39 is 5.97 Å². The number of benzene rings is 3. The van der Waals surface area contributed by atoms with Crippen molar-refractivity contribution in [2.45, 2.75) is 39.7 Å². The second-order valence-corrected chi connectivity index (χ2v) is 10.2. The maximum Gasteiger partial charge on any atom is 0.342 e. The fourth-order valence-corrected chi connectivity index (χ4v) is 5.37. The zero-order chi connectivity index (χ0) is 28.9. The first-order chi connectivity index (χ1) is 19.9. The van der Waals surface area contributed by atoms with Crippen LogP contribution in [0.25, 0.3) is 22.2 Å². The predicted octanol–water partition coefficient (Wildman–Crippen LogP) is 5.41. The third-order valence-corrected chi connectivity index (χ3v) is 7.38. The Bertz CT molecular complexity index is 1580. The van der Waals surface area contributed by atoms with Crippen molar-refractivity contribution in [3.05, 3.63) is 95.3 Å². The Labute approximate surface area is 240 Å². The van der Waals surface area contributed by atoms with Crippen LogP contribution < -0.4 is 0 Å². The number of rotatable bonds is 7. The predicted molar refractivity (Wildman–Crippen MR) is 158 cm³/mol. The Morgan fingerprint density at radius 1 is 0.878 bits per heavy atom. The fraction of sp³-hybridized carbons (Fsp3) is 0.303. The summed E-state index contributed by atoms with van der Waals surface area (Å²) in [7, 11) is 0. The molecule has 210 valence electrons. The van der Waals surface area contributed by atoms with Gasteiger partial charge in [0.25, 0.3) is 11.8 Å². The molecule has 1 aliphatic heterocycles. The summed E-state index contributed by atoms with van der Waals surface area (Å²) in [5.41, 5.74) is 2.07. The first-order valence-electron chi connectivity index (χ1n) is 14.1. The molecule has 0 N–H and O–H groups in total. The van der Waals surface area contributed by atoms with Crippen molar-refractivity contribution in [2.24, 2.45) is 0 Å². The van der Waals surface area contributed by atoms with Crippen LogP contribution in [0.1, 0.15) is 64.1 Å². The molecule has 2 amide bonds. The number of ether oxygens (including phenoxy) is 1. The zero-order valence-corrected chi connectivity index (χ0v) is 23.7. The van der Waals surface area contributed by atoms with E-state index in [0.717, 1.165) is 22.8 Å². The molecule has 1 aliphatic rings. The number of hydrogen-bond acceptors (Lipinski definition) is 6. The van der Waals surface area contributed by atoms with Crippen LogP contribution in [0.15, 0.2) is 72.8 Å². The molecule has 0 saturated carbocycles. The molecule has 0 bridgehead atoms. The van der Waals surface area contributed by atoms with Crippen molar-refractivity contribution < 1.29 is 19.1 Å². The van der Waals surface area contributed by atoms with Crippen LogP contribution in [0.4, 0.5) is 0 Å². The lowest BCUT2D eigenvalue weighted by atomic mass is 10.0. The molecule has 1 aromatic heterocycles. The minimum Gasteiger partial charge on any atom is -0.462 e. The van der Waals surface area contributed by atoms with Crippen molar-refractivity contribution in [3.8, 4) is 11.4 Å². The van der Waals surface area contributed by atoms with Crippen molar-refractivity contribution in [2.75, 3.05) is 26.2 Å². The third-order valence-electron chi connectivity index (χ3n) is 7.38. The van der Waals surface area contributed by atoms with Crippen LogP contribution in [0, 0.1) is 0 Å². The van der Waals surface area contributed by atoms with Gasteiger partial charge in [-0.2, -0.15) is 0 Å². The Kier molecular flexibility index (Phi) is 8.38. The topological polar surface area (TPSA) is 92.7 Å². The summed E-state index contributed by atoms with van der Waals surface area (Å²) in [5, 5.41) is 1.91. The molecule has 0 spiro atoms. The van der Waals surface area contributed by atoms with E-state index in [-0.39, 0.29) is 35.7 Å². The summed E-state index contributed by atoms with van der Waals surface area (Å²) in [6.07, 6.45) is 1.23. The van der Waals surface area contributed by atoms with Gasteiger partial charge in [0.2, 0.25) is 0 Å². The standard InChI is InChI=1S/C33H34N4O4/c1-4-12-27-28(33(40)41-5-2)29(35-30(34-27)24-14-7-6-8-15-24)32(39)36-19-20-37(22(3)21-36)31(38)26-18-11-16-23-13-9-10-17-25(23)26/h6-11,13-18,22H,4-5,12,19-21H2,1-3H3. The maximum absolute atomic E-state index is 14.1. The number of nitrogens with zero attached hydrogens (tertiary/aromatic N) is 4. The zero-order valence-electron chi connectivity index (χ0n) is 23.7. The molecular formula is C33H34N4O4. The van der Waals surface area contributed by atoms with E-state index in [0.29, 0.717) is 43.1 Å². The van der Waals surface area contributed by atoms with Gasteiger partial charge in [0, 0.05) is 36.8 Å². The molecule has 2 heterocycles. The lowest BCUT2D eigenvalue weighted by Gasteiger charge is -2.40. The average Bonchev–Trinajstić information content (AvgIpc) is 3.00. The van der Waals surface area contributed by atoms with Crippen molar-refractivity contribution in [1.82, 2.24) is 19.8 Å². The molecule has 1 saturated heterocycles. The monoisotopic (exact) mass is 550 g/mol. The Balaban J connectivity index is 1.46. The minimum absolute atomic E-state index is 0.0433. The van der Waals surface area contributed by atoms with Crippen molar-refractivity contribution >= 4 is 28.6 Å². The van der Waals surface area contributed by atoms with E-state index in [2.05, 4.69) is 4.98 Å². The summed E-state index contributed by atoms with van der Waals surface area (Å²) in [4.78, 5) is 53.7. The lowest BCUT2D eigenvalue weighted by Crippen LogP contribution is -2.55. The fourth-order valence-electron chi connectivity index (χ4n) is 5.37. The molecule has 3 aromatic carbocycles. The summed E-state index contributed by atoms with van der Waals surface area (Å²) >= 11 is 0. The van der Waals surface area contributed by atoms with Gasteiger partial charge in [0.15, 0.2) is 5.82 Å². The van der Waals surface area contributed by atoms with Crippen molar-refractivity contribution in [3.63, 3.8) is 0 Å². The van der Waals surface area contributed by atoms with Gasteiger partial charge in [0.1, 0.15) is 11.3 Å². The highest BCUT2D eigenvalue weighted by Gasteiger charge is 2.35. The second kappa shape index (κ2) is 12.3. The summed E-state index contributed by atoms with van der Waals surface area (Å²) in [5.74, 6) is -0.638. The van der Waals surface area contributed by atoms with Gasteiger partial charge >= 0.3 is 5.97 Å². The Hall–Kier alpha value is -4.59. The van der Waals surface area contributed by atoms with E-state index in [1.165, 1.54) is 0 Å². The molecule has 8 heteroatoms. The third kappa shape index (κ3) is 5.68. The highest BCUT2D eigenvalue weighted by Crippen LogP contribution is 2.26. The van der Waals surface area contributed by atoms with Gasteiger partial charge in [0.05, 0.1) is 12.3 Å². The van der Waals surface area contributed by atoms with Gasteiger partial charge < -0.3 is 14.5 Å². The lowest BCUT2D eigenvalue weighted by molar-refractivity contribution is 0.0407. The van der Waals surface area contributed by atoms with Gasteiger partial charge in [-0.1, -0.05) is 80.1 Å². The molecule has 1 fully saturated rings. The number of esters is 1. The normalized spacial score (nSPS) is 15.1. The molecule has 4 aromatic rings. The maximum atomic E-state index is 14.1. The van der Waals surface area contributed by atoms with Crippen LogP contribution >= 0.6 is 0 Å². The number of carbonyl (C=O) groups is 3. The molecule has 41 heavy (non-hydrogen) atoms. The highest BCUT2D eigenvalue weighted by atomic mass is 16.5. The first kappa shape index (κ1) is 28.0. The molecule has 8 nitrogen and oxygen atoms in total. The molecular weight excluding hydrogens is 516 g/mol. The number of carbonyl (C=O) groups excluding carboxylic acids is 3. The summed E-state index contributed by atoms with van der Waals surface area (Å²) in [6.45, 7) is 6.82.